The van der Waals surface area contributed by atoms with Gasteiger partial charge < -0.3 is 4.90 Å². The number of amides is 1. The number of hydrogen-bond donors (Lipinski definition) is 0. The van der Waals surface area contributed by atoms with Gasteiger partial charge in [0.05, 0.1) is 11.4 Å². The van der Waals surface area contributed by atoms with Gasteiger partial charge in [-0.1, -0.05) is 0 Å². The molecular formula is C9H10N2O. The number of rotatable bonds is 0. The van der Waals surface area contributed by atoms with E-state index >= 15 is 0 Å². The molecule has 62 valence electrons. The summed E-state index contributed by atoms with van der Waals surface area (Å²) in [6, 6.07) is 3.80. The third-order valence-electron chi connectivity index (χ3n) is 2.11. The first kappa shape index (κ1) is 7.28. The molecule has 1 aliphatic heterocycles. The third kappa shape index (κ3) is 0.978. The number of carbonyl (C=O) groups is 1. The second-order valence-electron chi connectivity index (χ2n) is 2.89. The van der Waals surface area contributed by atoms with E-state index in [9.17, 15) is 4.79 Å². The van der Waals surface area contributed by atoms with E-state index in [1.807, 2.05) is 12.1 Å². The summed E-state index contributed by atoms with van der Waals surface area (Å²) in [4.78, 5) is 17.1. The maximum atomic E-state index is 11.1. The van der Waals surface area contributed by atoms with E-state index in [2.05, 4.69) is 4.98 Å². The average Bonchev–Trinajstić information content (AvgIpc) is 2.47. The maximum absolute atomic E-state index is 11.1. The van der Waals surface area contributed by atoms with Gasteiger partial charge in [0.25, 0.3) is 0 Å². The van der Waals surface area contributed by atoms with Crippen molar-refractivity contribution in [3.63, 3.8) is 0 Å². The zero-order valence-electron chi connectivity index (χ0n) is 6.95. The predicted octanol–water partition coefficient (Wildman–Crippen LogP) is 0.991. The summed E-state index contributed by atoms with van der Waals surface area (Å²) in [5.41, 5.74) is 2.01. The van der Waals surface area contributed by atoms with Gasteiger partial charge in [-0.05, 0) is 12.1 Å². The monoisotopic (exact) mass is 162 g/mol. The first-order valence-electron chi connectivity index (χ1n) is 4.01. The molecule has 1 aliphatic rings. The molecule has 3 heteroatoms. The first-order valence-corrected chi connectivity index (χ1v) is 4.01. The van der Waals surface area contributed by atoms with Gasteiger partial charge in [-0.15, -0.1) is 0 Å². The van der Waals surface area contributed by atoms with E-state index in [1.165, 1.54) is 0 Å². The molecular weight excluding hydrogens is 152 g/mol. The summed E-state index contributed by atoms with van der Waals surface area (Å²) in [6.45, 7) is 2.36. The van der Waals surface area contributed by atoms with E-state index in [0.29, 0.717) is 0 Å². The molecule has 0 spiro atoms. The van der Waals surface area contributed by atoms with Gasteiger partial charge in [-0.2, -0.15) is 0 Å². The number of nitrogens with zero attached hydrogens (tertiary/aromatic N) is 2. The Bertz CT molecular complexity index is 322. The largest absolute Gasteiger partial charge is 0.310 e. The summed E-state index contributed by atoms with van der Waals surface area (Å²) in [5, 5.41) is 0. The van der Waals surface area contributed by atoms with Crippen molar-refractivity contribution >= 4 is 11.6 Å². The van der Waals surface area contributed by atoms with Crippen molar-refractivity contribution in [2.45, 2.75) is 13.3 Å². The molecule has 0 aromatic carbocycles. The van der Waals surface area contributed by atoms with Gasteiger partial charge in [-0.3, -0.25) is 9.78 Å². The molecule has 0 unspecified atom stereocenters. The highest BCUT2D eigenvalue weighted by atomic mass is 16.2. The smallest absolute Gasteiger partial charge is 0.223 e. The molecule has 0 saturated carbocycles. The minimum atomic E-state index is 0.0988. The van der Waals surface area contributed by atoms with Crippen LogP contribution < -0.4 is 4.90 Å². The van der Waals surface area contributed by atoms with Gasteiger partial charge in [0, 0.05) is 26.1 Å². The topological polar surface area (TPSA) is 33.2 Å². The fraction of sp³-hybridized carbons (Fsp3) is 0.333. The lowest BCUT2D eigenvalue weighted by Gasteiger charge is -2.13. The van der Waals surface area contributed by atoms with Crippen LogP contribution in [0.5, 0.6) is 0 Å². The van der Waals surface area contributed by atoms with Crippen LogP contribution in [0.25, 0.3) is 0 Å². The van der Waals surface area contributed by atoms with Crippen LogP contribution in [0.4, 0.5) is 5.69 Å². The van der Waals surface area contributed by atoms with Gasteiger partial charge in [-0.25, -0.2) is 0 Å². The molecule has 1 aromatic rings. The second-order valence-corrected chi connectivity index (χ2v) is 2.89. The van der Waals surface area contributed by atoms with Gasteiger partial charge in [0.15, 0.2) is 0 Å². The van der Waals surface area contributed by atoms with Crippen molar-refractivity contribution < 1.29 is 4.79 Å². The third-order valence-corrected chi connectivity index (χ3v) is 2.11. The van der Waals surface area contributed by atoms with Crippen LogP contribution in [0.1, 0.15) is 12.6 Å². The molecule has 2 heterocycles. The fourth-order valence-electron chi connectivity index (χ4n) is 1.53. The predicted molar refractivity (Wildman–Crippen MR) is 46.0 cm³/mol. The van der Waals surface area contributed by atoms with Crippen LogP contribution in [0.2, 0.25) is 0 Å². The molecule has 3 nitrogen and oxygen atoms in total. The molecule has 0 fully saturated rings. The minimum Gasteiger partial charge on any atom is -0.310 e. The summed E-state index contributed by atoms with van der Waals surface area (Å²) in [5.74, 6) is 0.0988. The van der Waals surface area contributed by atoms with Crippen LogP contribution in [-0.4, -0.2) is 17.4 Å². The van der Waals surface area contributed by atoms with E-state index in [0.717, 1.165) is 24.3 Å². The maximum Gasteiger partial charge on any atom is 0.223 e. The second kappa shape index (κ2) is 2.59. The van der Waals surface area contributed by atoms with Gasteiger partial charge in [0.1, 0.15) is 0 Å². The van der Waals surface area contributed by atoms with Crippen LogP contribution in [0, 0.1) is 0 Å². The number of carbonyl (C=O) groups excluding carboxylic acids is 1. The standard InChI is InChI=1S/C9H10N2O/c1-7(12)11-6-4-8-9(11)3-2-5-10-8/h2-3,5H,4,6H2,1H3. The Kier molecular flexibility index (Phi) is 1.57. The Balaban J connectivity index is 2.42. The van der Waals surface area contributed by atoms with E-state index < -0.39 is 0 Å². The lowest BCUT2D eigenvalue weighted by Crippen LogP contribution is -2.25. The fourth-order valence-corrected chi connectivity index (χ4v) is 1.53. The molecule has 12 heavy (non-hydrogen) atoms. The number of pyridine rings is 1. The lowest BCUT2D eigenvalue weighted by molar-refractivity contribution is -0.116. The zero-order valence-corrected chi connectivity index (χ0v) is 6.95. The van der Waals surface area contributed by atoms with Gasteiger partial charge in [0.2, 0.25) is 5.91 Å². The molecule has 0 radical (unpaired) electrons. The Labute approximate surface area is 71.0 Å². The highest BCUT2D eigenvalue weighted by molar-refractivity contribution is 5.93. The average molecular weight is 162 g/mol. The normalized spacial score (nSPS) is 14.6. The van der Waals surface area contributed by atoms with Crippen LogP contribution in [0.15, 0.2) is 18.3 Å². The molecule has 0 bridgehead atoms. The molecule has 1 amide bonds. The lowest BCUT2D eigenvalue weighted by atomic mass is 10.3. The van der Waals surface area contributed by atoms with Crippen molar-refractivity contribution in [3.8, 4) is 0 Å². The van der Waals surface area contributed by atoms with Crippen molar-refractivity contribution in [1.29, 1.82) is 0 Å². The number of hydrogen-bond acceptors (Lipinski definition) is 2. The Morgan fingerprint density at radius 3 is 3.25 bits per heavy atom. The number of anilines is 1. The highest BCUT2D eigenvalue weighted by Crippen LogP contribution is 2.24. The molecule has 0 saturated heterocycles. The van der Waals surface area contributed by atoms with Crippen molar-refractivity contribution in [1.82, 2.24) is 4.98 Å². The van der Waals surface area contributed by atoms with Crippen molar-refractivity contribution in [2.24, 2.45) is 0 Å². The minimum absolute atomic E-state index is 0.0988. The summed E-state index contributed by atoms with van der Waals surface area (Å²) >= 11 is 0. The first-order chi connectivity index (χ1) is 5.79. The summed E-state index contributed by atoms with van der Waals surface area (Å²) in [7, 11) is 0. The Morgan fingerprint density at radius 1 is 1.67 bits per heavy atom. The van der Waals surface area contributed by atoms with E-state index in [1.54, 1.807) is 18.0 Å². The number of aromatic nitrogens is 1. The van der Waals surface area contributed by atoms with E-state index in [4.69, 9.17) is 0 Å². The summed E-state index contributed by atoms with van der Waals surface area (Å²) < 4.78 is 0. The molecule has 0 aliphatic carbocycles. The molecule has 1 aromatic heterocycles. The zero-order chi connectivity index (χ0) is 8.55. The van der Waals surface area contributed by atoms with Crippen LogP contribution in [0.3, 0.4) is 0 Å². The SMILES string of the molecule is CC(=O)N1CCc2ncccc21. The Morgan fingerprint density at radius 2 is 2.50 bits per heavy atom. The Hall–Kier alpha value is -1.38. The van der Waals surface area contributed by atoms with Crippen molar-refractivity contribution in [3.05, 3.63) is 24.0 Å². The van der Waals surface area contributed by atoms with Crippen molar-refractivity contribution in [2.75, 3.05) is 11.4 Å². The highest BCUT2D eigenvalue weighted by Gasteiger charge is 2.21. The molecule has 0 N–H and O–H groups in total. The van der Waals surface area contributed by atoms with Crippen LogP contribution >= 0.6 is 0 Å². The van der Waals surface area contributed by atoms with E-state index in [-0.39, 0.29) is 5.91 Å². The molecule has 0 atom stereocenters. The van der Waals surface area contributed by atoms with Crippen LogP contribution in [-0.2, 0) is 11.2 Å². The summed E-state index contributed by atoms with van der Waals surface area (Å²) in [6.07, 6.45) is 2.65. The quantitative estimate of drug-likeness (QED) is 0.570. The molecule has 2 rings (SSSR count). The number of fused-ring (bicyclic) bond motifs is 1. The van der Waals surface area contributed by atoms with Gasteiger partial charge >= 0.3 is 0 Å².